The lowest BCUT2D eigenvalue weighted by molar-refractivity contribution is 0.0695. The number of hydrogen-bond acceptors (Lipinski definition) is 11. The second-order valence-corrected chi connectivity index (χ2v) is 14.4. The van der Waals surface area contributed by atoms with Crippen LogP contribution in [0.4, 0.5) is 0 Å². The largest absolute Gasteiger partial charge is 0.493 e. The highest BCUT2D eigenvalue weighted by molar-refractivity contribution is 5.95. The molecule has 6 aromatic rings. The van der Waals surface area contributed by atoms with Crippen molar-refractivity contribution in [3.05, 3.63) is 179 Å². The first kappa shape index (κ1) is 55.7. The SMILES string of the molecule is CNC(CN)c1ccccc1.COc1cc(C(=O)NCC(c2ccccc2)N(C)C)cc(OC)c1OCc1ccccc1.COc1cc(C(=O)O)cc(OC)c1OCc1ccccc1.Cl.Cl. The van der Waals surface area contributed by atoms with Crippen molar-refractivity contribution in [3.8, 4) is 34.5 Å². The maximum absolute atomic E-state index is 12.9. The molecule has 6 rings (SSSR count). The summed E-state index contributed by atoms with van der Waals surface area (Å²) in [6, 6.07) is 46.3. The Labute approximate surface area is 401 Å². The lowest BCUT2D eigenvalue weighted by Gasteiger charge is -2.25. The maximum Gasteiger partial charge on any atom is 0.335 e. The van der Waals surface area contributed by atoms with Gasteiger partial charge in [-0.05, 0) is 67.7 Å². The number of carbonyl (C=O) groups is 2. The number of nitrogens with zero attached hydrogens (tertiary/aromatic N) is 1. The van der Waals surface area contributed by atoms with Gasteiger partial charge in [0.1, 0.15) is 13.2 Å². The molecule has 5 N–H and O–H groups in total. The number of likely N-dealkylation sites (N-methyl/N-ethyl adjacent to an activating group) is 2. The van der Waals surface area contributed by atoms with E-state index < -0.39 is 5.97 Å². The van der Waals surface area contributed by atoms with E-state index in [9.17, 15) is 9.59 Å². The Bertz CT molecular complexity index is 2260. The molecule has 13 nitrogen and oxygen atoms in total. The molecule has 0 saturated heterocycles. The maximum atomic E-state index is 12.9. The van der Waals surface area contributed by atoms with Gasteiger partial charge in [-0.2, -0.15) is 0 Å². The second-order valence-electron chi connectivity index (χ2n) is 14.4. The number of rotatable bonds is 19. The third-order valence-electron chi connectivity index (χ3n) is 9.93. The van der Waals surface area contributed by atoms with E-state index in [1.165, 1.54) is 31.9 Å². The first-order valence-electron chi connectivity index (χ1n) is 20.6. The molecular formula is C51H62Cl2N4O9. The lowest BCUT2D eigenvalue weighted by atomic mass is 10.1. The number of carboxylic acid groups (broad SMARTS) is 1. The van der Waals surface area contributed by atoms with Gasteiger partial charge in [-0.25, -0.2) is 4.79 Å². The van der Waals surface area contributed by atoms with Crippen molar-refractivity contribution in [1.29, 1.82) is 0 Å². The van der Waals surface area contributed by atoms with Crippen LogP contribution >= 0.6 is 24.8 Å². The smallest absolute Gasteiger partial charge is 0.335 e. The summed E-state index contributed by atoms with van der Waals surface area (Å²) in [5.74, 6) is 1.11. The van der Waals surface area contributed by atoms with E-state index in [1.807, 2.05) is 118 Å². The Hall–Kier alpha value is -6.48. The van der Waals surface area contributed by atoms with Crippen LogP contribution < -0.4 is 44.8 Å². The zero-order valence-corrected chi connectivity index (χ0v) is 40.0. The summed E-state index contributed by atoms with van der Waals surface area (Å²) in [6.45, 7) is 1.80. The highest BCUT2D eigenvalue weighted by Gasteiger charge is 2.21. The minimum atomic E-state index is -1.05. The summed E-state index contributed by atoms with van der Waals surface area (Å²) in [4.78, 5) is 26.1. The number of nitrogens with one attached hydrogen (secondary N) is 2. The molecule has 2 unspecified atom stereocenters. The topological polar surface area (TPSA) is 163 Å². The monoisotopic (exact) mass is 944 g/mol. The average molecular weight is 946 g/mol. The molecule has 0 spiro atoms. The number of amides is 1. The summed E-state index contributed by atoms with van der Waals surface area (Å²) < 4.78 is 33.1. The van der Waals surface area contributed by atoms with Crippen LogP contribution in [0.3, 0.4) is 0 Å². The Morgan fingerprint density at radius 2 is 0.955 bits per heavy atom. The molecule has 0 heterocycles. The fraction of sp³-hybridized carbons (Fsp3) is 0.255. The zero-order chi connectivity index (χ0) is 46.3. The van der Waals surface area contributed by atoms with E-state index in [1.54, 1.807) is 26.4 Å². The molecule has 2 atom stereocenters. The van der Waals surface area contributed by atoms with Crippen LogP contribution in [0.1, 0.15) is 55.1 Å². The van der Waals surface area contributed by atoms with E-state index in [-0.39, 0.29) is 48.4 Å². The lowest BCUT2D eigenvalue weighted by Crippen LogP contribution is -2.34. The zero-order valence-electron chi connectivity index (χ0n) is 38.4. The van der Waals surface area contributed by atoms with Crippen molar-refractivity contribution in [2.45, 2.75) is 25.3 Å². The number of nitrogens with two attached hydrogens (primary N) is 1. The van der Waals surface area contributed by atoms with Gasteiger partial charge < -0.3 is 54.8 Å². The van der Waals surface area contributed by atoms with Crippen LogP contribution in [0.25, 0.3) is 0 Å². The van der Waals surface area contributed by atoms with E-state index in [2.05, 4.69) is 39.8 Å². The quantitative estimate of drug-likeness (QED) is 0.0611. The summed E-state index contributed by atoms with van der Waals surface area (Å²) in [6.07, 6.45) is 0. The van der Waals surface area contributed by atoms with E-state index in [0.29, 0.717) is 66.4 Å². The standard InChI is InChI=1S/C26H30N2O4.C16H16O5.C9H14N2.2ClH/c1-28(2)22(20-13-9-6-10-14-20)17-27-26(29)21-15-23(30-3)25(24(16-21)31-4)32-18-19-11-7-5-8-12-19;1-19-13-8-12(16(17)18)9-14(20-2)15(13)21-10-11-6-4-3-5-7-11;1-11-9(7-10)8-5-3-2-4-6-8;;/h5-16,22H,17-18H2,1-4H3,(H,27,29);3-9H,10H2,1-2H3,(H,17,18);2-6,9,11H,7,10H2,1H3;2*1H. The van der Waals surface area contributed by atoms with E-state index in [0.717, 1.165) is 16.7 Å². The van der Waals surface area contributed by atoms with Crippen molar-refractivity contribution in [3.63, 3.8) is 0 Å². The molecule has 0 bridgehead atoms. The molecular weight excluding hydrogens is 883 g/mol. The van der Waals surface area contributed by atoms with Gasteiger partial charge in [0.2, 0.25) is 11.5 Å². The number of carbonyl (C=O) groups excluding carboxylic acids is 1. The molecule has 0 fully saturated rings. The Balaban J connectivity index is 0.000000377. The number of halogens is 2. The van der Waals surface area contributed by atoms with Crippen molar-refractivity contribution >= 4 is 36.7 Å². The second kappa shape index (κ2) is 29.9. The van der Waals surface area contributed by atoms with Crippen molar-refractivity contribution in [1.82, 2.24) is 15.5 Å². The molecule has 1 amide bonds. The summed E-state index contributed by atoms with van der Waals surface area (Å²) in [5.41, 5.74) is 10.5. The molecule has 0 aliphatic carbocycles. The highest BCUT2D eigenvalue weighted by Crippen LogP contribution is 2.40. The fourth-order valence-electron chi connectivity index (χ4n) is 6.43. The van der Waals surface area contributed by atoms with Crippen LogP contribution in [-0.4, -0.2) is 84.6 Å². The molecule has 0 aliphatic heterocycles. The third-order valence-corrected chi connectivity index (χ3v) is 9.93. The van der Waals surface area contributed by atoms with Gasteiger partial charge in [0, 0.05) is 24.7 Å². The van der Waals surface area contributed by atoms with Gasteiger partial charge >= 0.3 is 5.97 Å². The summed E-state index contributed by atoms with van der Waals surface area (Å²) in [5, 5.41) is 15.2. The first-order valence-corrected chi connectivity index (χ1v) is 20.6. The van der Waals surface area contributed by atoms with E-state index >= 15 is 0 Å². The molecule has 0 radical (unpaired) electrons. The van der Waals surface area contributed by atoms with Gasteiger partial charge in [-0.3, -0.25) is 4.79 Å². The van der Waals surface area contributed by atoms with Crippen LogP contribution in [0.15, 0.2) is 146 Å². The van der Waals surface area contributed by atoms with Crippen molar-refractivity contribution in [2.75, 3.05) is 62.7 Å². The average Bonchev–Trinajstić information content (AvgIpc) is 3.34. The number of carboxylic acids is 1. The molecule has 6 aromatic carbocycles. The number of ether oxygens (including phenoxy) is 6. The normalized spacial score (nSPS) is 11.0. The minimum Gasteiger partial charge on any atom is -0.493 e. The first-order chi connectivity index (χ1) is 31.1. The molecule has 66 heavy (non-hydrogen) atoms. The summed E-state index contributed by atoms with van der Waals surface area (Å²) >= 11 is 0. The minimum absolute atomic E-state index is 0. The number of benzene rings is 6. The van der Waals surface area contributed by atoms with Gasteiger partial charge in [0.05, 0.1) is 40.0 Å². The van der Waals surface area contributed by atoms with E-state index in [4.69, 9.17) is 39.3 Å². The molecule has 0 saturated carbocycles. The molecule has 0 aromatic heterocycles. The molecule has 0 aliphatic rings. The van der Waals surface area contributed by atoms with Gasteiger partial charge in [-0.1, -0.05) is 121 Å². The highest BCUT2D eigenvalue weighted by atomic mass is 35.5. The van der Waals surface area contributed by atoms with Crippen LogP contribution in [0.5, 0.6) is 34.5 Å². The molecule has 15 heteroatoms. The van der Waals surface area contributed by atoms with Gasteiger partial charge in [0.25, 0.3) is 5.91 Å². The molecule has 354 valence electrons. The number of hydrogen-bond donors (Lipinski definition) is 4. The number of aromatic carboxylic acids is 1. The van der Waals surface area contributed by atoms with Crippen molar-refractivity contribution in [2.24, 2.45) is 5.73 Å². The van der Waals surface area contributed by atoms with Crippen LogP contribution in [-0.2, 0) is 13.2 Å². The third kappa shape index (κ3) is 16.8. The Morgan fingerprint density at radius 1 is 0.591 bits per heavy atom. The Kier molecular flexibility index (Phi) is 25.2. The van der Waals surface area contributed by atoms with Gasteiger partial charge in [0.15, 0.2) is 23.0 Å². The van der Waals surface area contributed by atoms with Gasteiger partial charge in [-0.15, -0.1) is 24.8 Å². The van der Waals surface area contributed by atoms with Crippen molar-refractivity contribution < 1.29 is 43.1 Å². The predicted octanol–water partition coefficient (Wildman–Crippen LogP) is 9.05. The van der Waals surface area contributed by atoms with Crippen LogP contribution in [0.2, 0.25) is 0 Å². The van der Waals surface area contributed by atoms with Crippen LogP contribution in [0, 0.1) is 0 Å². The summed E-state index contributed by atoms with van der Waals surface area (Å²) in [7, 11) is 11.9. The number of methoxy groups -OCH3 is 4. The Morgan fingerprint density at radius 3 is 1.29 bits per heavy atom. The predicted molar refractivity (Wildman–Crippen MR) is 265 cm³/mol. The fourth-order valence-corrected chi connectivity index (χ4v) is 6.43.